The first kappa shape index (κ1) is 20.1. The maximum Gasteiger partial charge on any atom is 0.412 e. The molecule has 0 aromatic heterocycles. The van der Waals surface area contributed by atoms with Gasteiger partial charge in [0.1, 0.15) is 5.75 Å². The maximum atomic E-state index is 12.3. The smallest absolute Gasteiger partial charge is 0.412 e. The third-order valence-electron chi connectivity index (χ3n) is 5.03. The van der Waals surface area contributed by atoms with E-state index in [9.17, 15) is 9.59 Å². The molecule has 1 fully saturated rings. The number of hydrogen-bond acceptors (Lipinski definition) is 3. The summed E-state index contributed by atoms with van der Waals surface area (Å²) in [4.78, 5) is 23.3. The number of ether oxygens (including phenoxy) is 1. The SMILES string of the molecule is Cc1cccc(C)c1OC(=O)NCC1(C)CC(NC(=O)O)CC(C)(C)C1. The van der Waals surface area contributed by atoms with Crippen LogP contribution in [0.2, 0.25) is 0 Å². The van der Waals surface area contributed by atoms with Gasteiger partial charge in [-0.3, -0.25) is 0 Å². The van der Waals surface area contributed by atoms with Gasteiger partial charge >= 0.3 is 12.2 Å². The number of nitrogens with one attached hydrogen (secondary N) is 2. The molecule has 2 amide bonds. The zero-order valence-corrected chi connectivity index (χ0v) is 16.3. The first-order valence-corrected chi connectivity index (χ1v) is 9.01. The van der Waals surface area contributed by atoms with Crippen LogP contribution in [0.3, 0.4) is 0 Å². The lowest BCUT2D eigenvalue weighted by Crippen LogP contribution is -2.50. The monoisotopic (exact) mass is 362 g/mol. The second-order valence-electron chi connectivity index (χ2n) is 8.67. The Morgan fingerprint density at radius 2 is 1.81 bits per heavy atom. The lowest BCUT2D eigenvalue weighted by atomic mass is 9.62. The Labute approximate surface area is 155 Å². The van der Waals surface area contributed by atoms with Gasteiger partial charge in [0, 0.05) is 12.6 Å². The van der Waals surface area contributed by atoms with Crippen molar-refractivity contribution in [2.24, 2.45) is 10.8 Å². The molecule has 6 heteroatoms. The molecule has 2 atom stereocenters. The zero-order chi connectivity index (χ0) is 19.5. The molecule has 1 aliphatic rings. The number of hydrogen-bond donors (Lipinski definition) is 3. The number of carboxylic acid groups (broad SMARTS) is 1. The summed E-state index contributed by atoms with van der Waals surface area (Å²) in [6.45, 7) is 10.6. The van der Waals surface area contributed by atoms with Crippen LogP contribution in [0.4, 0.5) is 9.59 Å². The summed E-state index contributed by atoms with van der Waals surface area (Å²) in [5, 5.41) is 14.5. The molecule has 2 rings (SSSR count). The van der Waals surface area contributed by atoms with Crippen LogP contribution < -0.4 is 15.4 Å². The largest absolute Gasteiger partial charge is 0.465 e. The number of para-hydroxylation sites is 1. The van der Waals surface area contributed by atoms with Gasteiger partial charge in [-0.05, 0) is 55.1 Å². The number of amides is 2. The molecule has 1 aromatic carbocycles. The normalized spacial score (nSPS) is 24.6. The van der Waals surface area contributed by atoms with Crippen molar-refractivity contribution >= 4 is 12.2 Å². The molecule has 1 aromatic rings. The minimum atomic E-state index is -1.00. The highest BCUT2D eigenvalue weighted by atomic mass is 16.6. The topological polar surface area (TPSA) is 87.7 Å². The van der Waals surface area contributed by atoms with Crippen LogP contribution in [0.25, 0.3) is 0 Å². The average Bonchev–Trinajstić information content (AvgIpc) is 2.46. The van der Waals surface area contributed by atoms with Gasteiger partial charge in [0.05, 0.1) is 0 Å². The summed E-state index contributed by atoms with van der Waals surface area (Å²) in [6.07, 6.45) is 0.905. The number of aryl methyl sites for hydroxylation is 2. The summed E-state index contributed by atoms with van der Waals surface area (Å²) in [5.41, 5.74) is 1.62. The predicted octanol–water partition coefficient (Wildman–Crippen LogP) is 4.24. The molecule has 2 unspecified atom stereocenters. The Bertz CT molecular complexity index is 666. The van der Waals surface area contributed by atoms with E-state index in [0.717, 1.165) is 24.0 Å². The summed E-state index contributed by atoms with van der Waals surface area (Å²) in [5.74, 6) is 0.588. The summed E-state index contributed by atoms with van der Waals surface area (Å²) in [6, 6.07) is 5.62. The molecular formula is C20H30N2O4. The van der Waals surface area contributed by atoms with Crippen molar-refractivity contribution in [1.29, 1.82) is 0 Å². The van der Waals surface area contributed by atoms with Gasteiger partial charge in [0.25, 0.3) is 0 Å². The van der Waals surface area contributed by atoms with E-state index in [-0.39, 0.29) is 16.9 Å². The molecule has 0 radical (unpaired) electrons. The fourth-order valence-corrected chi connectivity index (χ4v) is 4.42. The van der Waals surface area contributed by atoms with Crippen LogP contribution in [0.15, 0.2) is 18.2 Å². The molecule has 144 valence electrons. The number of carbonyl (C=O) groups is 2. The molecule has 1 saturated carbocycles. The van der Waals surface area contributed by atoms with Crippen molar-refractivity contribution in [3.8, 4) is 5.75 Å². The Hall–Kier alpha value is -2.24. The van der Waals surface area contributed by atoms with Crippen molar-refractivity contribution in [2.75, 3.05) is 6.54 Å². The molecule has 1 aliphatic carbocycles. The van der Waals surface area contributed by atoms with E-state index in [1.807, 2.05) is 32.0 Å². The Kier molecular flexibility index (Phi) is 5.84. The molecule has 0 aliphatic heterocycles. The van der Waals surface area contributed by atoms with Crippen molar-refractivity contribution in [3.63, 3.8) is 0 Å². The van der Waals surface area contributed by atoms with Crippen LogP contribution in [-0.4, -0.2) is 29.9 Å². The fourth-order valence-electron chi connectivity index (χ4n) is 4.42. The Balaban J connectivity index is 2.00. The highest BCUT2D eigenvalue weighted by Crippen LogP contribution is 2.45. The lowest BCUT2D eigenvalue weighted by Gasteiger charge is -2.46. The van der Waals surface area contributed by atoms with E-state index in [1.165, 1.54) is 0 Å². The molecule has 0 heterocycles. The van der Waals surface area contributed by atoms with Crippen molar-refractivity contribution in [2.45, 2.75) is 59.9 Å². The van der Waals surface area contributed by atoms with E-state index in [2.05, 4.69) is 31.4 Å². The van der Waals surface area contributed by atoms with Crippen molar-refractivity contribution in [3.05, 3.63) is 29.3 Å². The lowest BCUT2D eigenvalue weighted by molar-refractivity contribution is 0.0695. The van der Waals surface area contributed by atoms with Gasteiger partial charge < -0.3 is 20.5 Å². The molecular weight excluding hydrogens is 332 g/mol. The molecule has 3 N–H and O–H groups in total. The van der Waals surface area contributed by atoms with Crippen molar-refractivity contribution < 1.29 is 19.4 Å². The second-order valence-corrected chi connectivity index (χ2v) is 8.67. The van der Waals surface area contributed by atoms with E-state index in [0.29, 0.717) is 18.7 Å². The van der Waals surface area contributed by atoms with Gasteiger partial charge in [-0.1, -0.05) is 39.0 Å². The van der Waals surface area contributed by atoms with E-state index >= 15 is 0 Å². The van der Waals surface area contributed by atoms with Crippen LogP contribution in [0.1, 0.15) is 51.2 Å². The first-order chi connectivity index (χ1) is 12.0. The molecule has 26 heavy (non-hydrogen) atoms. The third-order valence-corrected chi connectivity index (χ3v) is 5.03. The Morgan fingerprint density at radius 1 is 1.19 bits per heavy atom. The number of benzene rings is 1. The standard InChI is InChI=1S/C20H30N2O4/c1-13-7-6-8-14(2)16(13)26-18(25)21-12-20(5)10-15(22-17(23)24)9-19(3,4)11-20/h6-8,15,22H,9-12H2,1-5H3,(H,21,25)(H,23,24). The summed E-state index contributed by atoms with van der Waals surface area (Å²) >= 11 is 0. The van der Waals surface area contributed by atoms with Gasteiger partial charge in [0.2, 0.25) is 0 Å². The van der Waals surface area contributed by atoms with Crippen molar-refractivity contribution in [1.82, 2.24) is 10.6 Å². The number of rotatable bonds is 4. The third kappa shape index (κ3) is 5.38. The van der Waals surface area contributed by atoms with Gasteiger partial charge in [-0.15, -0.1) is 0 Å². The highest BCUT2D eigenvalue weighted by Gasteiger charge is 2.42. The van der Waals surface area contributed by atoms with Crippen LogP contribution >= 0.6 is 0 Å². The van der Waals surface area contributed by atoms with Crippen LogP contribution in [0, 0.1) is 24.7 Å². The Morgan fingerprint density at radius 3 is 2.38 bits per heavy atom. The minimum absolute atomic E-state index is 0.00168. The first-order valence-electron chi connectivity index (χ1n) is 9.01. The predicted molar refractivity (Wildman–Crippen MR) is 101 cm³/mol. The summed E-state index contributed by atoms with van der Waals surface area (Å²) < 4.78 is 5.50. The van der Waals surface area contributed by atoms with Gasteiger partial charge in [-0.2, -0.15) is 0 Å². The van der Waals surface area contributed by atoms with Crippen LogP contribution in [-0.2, 0) is 0 Å². The van der Waals surface area contributed by atoms with E-state index in [1.54, 1.807) is 0 Å². The molecule has 0 saturated heterocycles. The molecule has 6 nitrogen and oxygen atoms in total. The molecule has 0 bridgehead atoms. The van der Waals surface area contributed by atoms with Crippen LogP contribution in [0.5, 0.6) is 5.75 Å². The van der Waals surface area contributed by atoms with E-state index < -0.39 is 12.2 Å². The van der Waals surface area contributed by atoms with Gasteiger partial charge in [-0.25, -0.2) is 9.59 Å². The number of carbonyl (C=O) groups excluding carboxylic acids is 1. The summed E-state index contributed by atoms with van der Waals surface area (Å²) in [7, 11) is 0. The minimum Gasteiger partial charge on any atom is -0.465 e. The van der Waals surface area contributed by atoms with Gasteiger partial charge in [0.15, 0.2) is 0 Å². The second kappa shape index (κ2) is 7.56. The maximum absolute atomic E-state index is 12.3. The quantitative estimate of drug-likeness (QED) is 0.747. The fraction of sp³-hybridized carbons (Fsp3) is 0.600. The van der Waals surface area contributed by atoms with E-state index in [4.69, 9.17) is 9.84 Å². The highest BCUT2D eigenvalue weighted by molar-refractivity contribution is 5.71. The molecule has 0 spiro atoms. The average molecular weight is 362 g/mol. The zero-order valence-electron chi connectivity index (χ0n) is 16.3.